The monoisotopic (exact) mass is 374 g/mol. The van der Waals surface area contributed by atoms with Gasteiger partial charge in [0, 0.05) is 10.3 Å². The number of carbonyl (C=O) groups is 2. The zero-order valence-corrected chi connectivity index (χ0v) is 16.6. The van der Waals surface area contributed by atoms with Crippen LogP contribution in [0.15, 0.2) is 17.5 Å². The topological polar surface area (TPSA) is 58.2 Å². The largest absolute Gasteiger partial charge is 0.349 e. The fraction of sp³-hybridized carbons (Fsp3) is 0.714. The first kappa shape index (κ1) is 18.0. The molecule has 5 heteroatoms. The maximum absolute atomic E-state index is 13.3. The highest BCUT2D eigenvalue weighted by Gasteiger charge is 2.55. The molecule has 0 aliphatic heterocycles. The lowest BCUT2D eigenvalue weighted by molar-refractivity contribution is -0.149. The van der Waals surface area contributed by atoms with E-state index in [1.54, 1.807) is 11.3 Å². The summed E-state index contributed by atoms with van der Waals surface area (Å²) in [4.78, 5) is 27.1. The van der Waals surface area contributed by atoms with E-state index in [2.05, 4.69) is 10.6 Å². The van der Waals surface area contributed by atoms with Crippen LogP contribution in [0.25, 0.3) is 0 Å². The van der Waals surface area contributed by atoms with Crippen LogP contribution in [-0.2, 0) is 16.1 Å². The molecule has 1 unspecified atom stereocenters. The third kappa shape index (κ3) is 3.42. The standard InChI is InChI=1S/C21H30N2O2S/c1-13(2)18(19(24)22-12-17-4-3-5-26-17)23-20(25)21-9-14-6-15(10-21)8-16(7-14)11-21/h3-5,13-16,18H,6-12H2,1-2H3,(H,22,24)(H,23,25). The van der Waals surface area contributed by atoms with Crippen LogP contribution < -0.4 is 10.6 Å². The Morgan fingerprint density at radius 2 is 1.77 bits per heavy atom. The van der Waals surface area contributed by atoms with Crippen molar-refractivity contribution in [2.45, 2.75) is 65.0 Å². The van der Waals surface area contributed by atoms with Crippen LogP contribution in [0.1, 0.15) is 57.2 Å². The maximum atomic E-state index is 13.3. The molecule has 4 aliphatic rings. The van der Waals surface area contributed by atoms with E-state index in [0.29, 0.717) is 6.54 Å². The molecule has 0 radical (unpaired) electrons. The third-order valence-corrected chi connectivity index (χ3v) is 7.65. The fourth-order valence-electron chi connectivity index (χ4n) is 5.92. The predicted molar refractivity (Wildman–Crippen MR) is 104 cm³/mol. The molecule has 5 rings (SSSR count). The van der Waals surface area contributed by atoms with Gasteiger partial charge in [0.25, 0.3) is 0 Å². The van der Waals surface area contributed by atoms with Crippen molar-refractivity contribution in [1.29, 1.82) is 0 Å². The van der Waals surface area contributed by atoms with Crippen molar-refractivity contribution < 1.29 is 9.59 Å². The molecule has 4 saturated carbocycles. The molecule has 0 spiro atoms. The number of nitrogens with one attached hydrogen (secondary N) is 2. The SMILES string of the molecule is CC(C)C(NC(=O)C12CC3CC(CC(C3)C1)C2)C(=O)NCc1cccs1. The van der Waals surface area contributed by atoms with E-state index >= 15 is 0 Å². The Balaban J connectivity index is 1.41. The van der Waals surface area contributed by atoms with E-state index in [9.17, 15) is 9.59 Å². The second-order valence-corrected chi connectivity index (χ2v) is 10.2. The molecule has 0 saturated heterocycles. The number of hydrogen-bond donors (Lipinski definition) is 2. The molecule has 2 amide bonds. The fourth-order valence-corrected chi connectivity index (χ4v) is 6.56. The first-order chi connectivity index (χ1) is 12.4. The molecular formula is C21H30N2O2S. The zero-order chi connectivity index (χ0) is 18.3. The van der Waals surface area contributed by atoms with Gasteiger partial charge in [-0.15, -0.1) is 11.3 Å². The van der Waals surface area contributed by atoms with Gasteiger partial charge >= 0.3 is 0 Å². The van der Waals surface area contributed by atoms with Crippen LogP contribution in [0.5, 0.6) is 0 Å². The van der Waals surface area contributed by atoms with Gasteiger partial charge in [-0.25, -0.2) is 0 Å². The van der Waals surface area contributed by atoms with E-state index in [0.717, 1.165) is 41.9 Å². The van der Waals surface area contributed by atoms with Gasteiger partial charge in [-0.1, -0.05) is 19.9 Å². The Labute approximate surface area is 160 Å². The highest BCUT2D eigenvalue weighted by atomic mass is 32.1. The quantitative estimate of drug-likeness (QED) is 0.797. The Hall–Kier alpha value is -1.36. The molecule has 1 atom stereocenters. The second-order valence-electron chi connectivity index (χ2n) is 9.19. The lowest BCUT2D eigenvalue weighted by Crippen LogP contribution is -2.58. The number of amides is 2. The number of carbonyl (C=O) groups excluding carboxylic acids is 2. The Morgan fingerprint density at radius 1 is 1.15 bits per heavy atom. The summed E-state index contributed by atoms with van der Waals surface area (Å²) in [5.74, 6) is 2.36. The van der Waals surface area contributed by atoms with Gasteiger partial charge in [0.2, 0.25) is 11.8 Å². The normalized spacial score (nSPS) is 33.3. The van der Waals surface area contributed by atoms with Gasteiger partial charge in [0.05, 0.1) is 6.54 Å². The summed E-state index contributed by atoms with van der Waals surface area (Å²) in [6.07, 6.45) is 7.07. The van der Waals surface area contributed by atoms with Crippen molar-refractivity contribution in [3.63, 3.8) is 0 Å². The summed E-state index contributed by atoms with van der Waals surface area (Å²) < 4.78 is 0. The minimum Gasteiger partial charge on any atom is -0.349 e. The number of hydrogen-bond acceptors (Lipinski definition) is 3. The molecule has 4 fully saturated rings. The first-order valence-electron chi connectivity index (χ1n) is 10.1. The average Bonchev–Trinajstić information content (AvgIpc) is 3.09. The van der Waals surface area contributed by atoms with Crippen LogP contribution in [0.3, 0.4) is 0 Å². The Bertz CT molecular complexity index is 632. The van der Waals surface area contributed by atoms with Crippen LogP contribution >= 0.6 is 11.3 Å². The van der Waals surface area contributed by atoms with Crippen molar-refractivity contribution in [2.24, 2.45) is 29.1 Å². The van der Waals surface area contributed by atoms with Crippen LogP contribution in [0.4, 0.5) is 0 Å². The lowest BCUT2D eigenvalue weighted by atomic mass is 9.49. The molecule has 1 aromatic rings. The second kappa shape index (κ2) is 6.99. The molecule has 4 bridgehead atoms. The zero-order valence-electron chi connectivity index (χ0n) is 15.8. The maximum Gasteiger partial charge on any atom is 0.243 e. The van der Waals surface area contributed by atoms with Crippen LogP contribution in [-0.4, -0.2) is 17.9 Å². The van der Waals surface area contributed by atoms with Gasteiger partial charge in [0.15, 0.2) is 0 Å². The molecular weight excluding hydrogens is 344 g/mol. The van der Waals surface area contributed by atoms with Gasteiger partial charge in [0.1, 0.15) is 6.04 Å². The van der Waals surface area contributed by atoms with Gasteiger partial charge in [-0.3, -0.25) is 9.59 Å². The molecule has 4 aliphatic carbocycles. The molecule has 142 valence electrons. The van der Waals surface area contributed by atoms with Gasteiger partial charge in [-0.2, -0.15) is 0 Å². The average molecular weight is 375 g/mol. The minimum atomic E-state index is -0.449. The van der Waals surface area contributed by atoms with E-state index in [-0.39, 0.29) is 23.1 Å². The summed E-state index contributed by atoms with van der Waals surface area (Å²) >= 11 is 1.64. The summed E-state index contributed by atoms with van der Waals surface area (Å²) in [6, 6.07) is 3.56. The van der Waals surface area contributed by atoms with Crippen molar-refractivity contribution in [2.75, 3.05) is 0 Å². The highest BCUT2D eigenvalue weighted by Crippen LogP contribution is 2.60. The van der Waals surface area contributed by atoms with Crippen molar-refractivity contribution in [1.82, 2.24) is 10.6 Å². The van der Waals surface area contributed by atoms with Crippen molar-refractivity contribution >= 4 is 23.2 Å². The van der Waals surface area contributed by atoms with E-state index in [4.69, 9.17) is 0 Å². The third-order valence-electron chi connectivity index (χ3n) is 6.77. The Kier molecular flexibility index (Phi) is 4.84. The summed E-state index contributed by atoms with van der Waals surface area (Å²) in [5.41, 5.74) is -0.198. The van der Waals surface area contributed by atoms with Crippen LogP contribution in [0, 0.1) is 29.1 Å². The lowest BCUT2D eigenvalue weighted by Gasteiger charge is -2.55. The summed E-state index contributed by atoms with van der Waals surface area (Å²) in [7, 11) is 0. The molecule has 26 heavy (non-hydrogen) atoms. The number of thiophene rings is 1. The Morgan fingerprint density at radius 3 is 2.27 bits per heavy atom. The smallest absolute Gasteiger partial charge is 0.243 e. The molecule has 1 heterocycles. The molecule has 1 aromatic heterocycles. The first-order valence-corrected chi connectivity index (χ1v) is 10.9. The molecule has 4 nitrogen and oxygen atoms in total. The van der Waals surface area contributed by atoms with Crippen LogP contribution in [0.2, 0.25) is 0 Å². The summed E-state index contributed by atoms with van der Waals surface area (Å²) in [5, 5.41) is 8.17. The van der Waals surface area contributed by atoms with Gasteiger partial charge in [-0.05, 0) is 73.6 Å². The van der Waals surface area contributed by atoms with E-state index in [1.165, 1.54) is 19.3 Å². The molecule has 0 aromatic carbocycles. The highest BCUT2D eigenvalue weighted by molar-refractivity contribution is 7.09. The minimum absolute atomic E-state index is 0.0634. The predicted octanol–water partition coefficient (Wildman–Crippen LogP) is 3.72. The summed E-state index contributed by atoms with van der Waals surface area (Å²) in [6.45, 7) is 4.55. The van der Waals surface area contributed by atoms with Gasteiger partial charge < -0.3 is 10.6 Å². The molecule has 2 N–H and O–H groups in total. The van der Waals surface area contributed by atoms with E-state index < -0.39 is 6.04 Å². The van der Waals surface area contributed by atoms with Crippen molar-refractivity contribution in [3.8, 4) is 0 Å². The van der Waals surface area contributed by atoms with Crippen molar-refractivity contribution in [3.05, 3.63) is 22.4 Å². The van der Waals surface area contributed by atoms with E-state index in [1.807, 2.05) is 31.4 Å². The number of rotatable bonds is 6.